The molecule has 0 fully saturated rings. The molecule has 0 saturated carbocycles. The molecule has 0 radical (unpaired) electrons. The maximum Gasteiger partial charge on any atom is 0.307 e. The average Bonchev–Trinajstić information content (AvgIpc) is 2.24. The minimum atomic E-state index is -0.876. The number of carboxylic acid groups (broad SMARTS) is 1. The van der Waals surface area contributed by atoms with Gasteiger partial charge in [-0.3, -0.25) is 9.69 Å². The molecule has 6 heteroatoms. The first-order chi connectivity index (χ1) is 7.61. The third-order valence-electron chi connectivity index (χ3n) is 2.04. The Balaban J connectivity index is 3.88. The number of aliphatic carboxylic acids is 1. The van der Waals surface area contributed by atoms with E-state index < -0.39 is 11.9 Å². The van der Waals surface area contributed by atoms with E-state index in [2.05, 4.69) is 0 Å². The zero-order valence-corrected chi connectivity index (χ0v) is 9.43. The second-order valence-electron chi connectivity index (χ2n) is 3.47. The first-order valence-corrected chi connectivity index (χ1v) is 5.12. The molecule has 0 aliphatic heterocycles. The molecule has 0 amide bonds. The molecule has 1 atom stereocenters. The summed E-state index contributed by atoms with van der Waals surface area (Å²) in [7, 11) is 0. The third-order valence-corrected chi connectivity index (χ3v) is 2.04. The number of nitrogens with zero attached hydrogens (tertiary/aromatic N) is 2. The summed E-state index contributed by atoms with van der Waals surface area (Å²) in [6.45, 7) is 3.20. The van der Waals surface area contributed by atoms with Gasteiger partial charge in [-0.15, -0.1) is 0 Å². The lowest BCUT2D eigenvalue weighted by molar-refractivity contribution is -0.141. The predicted octanol–water partition coefficient (Wildman–Crippen LogP) is -0.458. The molecule has 0 saturated heterocycles. The molecule has 6 nitrogen and oxygen atoms in total. The van der Waals surface area contributed by atoms with E-state index in [1.54, 1.807) is 11.8 Å². The van der Waals surface area contributed by atoms with Gasteiger partial charge in [0.05, 0.1) is 38.4 Å². The van der Waals surface area contributed by atoms with Gasteiger partial charge in [0.15, 0.2) is 0 Å². The van der Waals surface area contributed by atoms with Gasteiger partial charge in [-0.1, -0.05) is 6.92 Å². The van der Waals surface area contributed by atoms with Crippen LogP contribution in [0.5, 0.6) is 0 Å². The lowest BCUT2D eigenvalue weighted by Gasteiger charge is -2.20. The number of rotatable bonds is 9. The van der Waals surface area contributed by atoms with Crippen molar-refractivity contribution >= 4 is 5.97 Å². The molecule has 0 aromatic rings. The van der Waals surface area contributed by atoms with E-state index in [9.17, 15) is 4.79 Å². The highest BCUT2D eigenvalue weighted by Crippen LogP contribution is 1.99. The summed E-state index contributed by atoms with van der Waals surface area (Å²) in [4.78, 5) is 12.4. The lowest BCUT2D eigenvalue weighted by atomic mass is 10.2. The highest BCUT2D eigenvalue weighted by molar-refractivity contribution is 5.69. The van der Waals surface area contributed by atoms with Gasteiger partial charge < -0.3 is 14.9 Å². The molecule has 0 rings (SSSR count). The summed E-state index contributed by atoms with van der Waals surface area (Å²) in [6, 6.07) is 1.98. The Hall–Kier alpha value is -1.16. The molecule has 0 aromatic carbocycles. The standard InChI is InChI=1S/C10H18N2O4/c1-9(10(14)15)8-12(3-2-11)4-6-16-7-5-13/h9,13H,3-8H2,1H3,(H,14,15). The lowest BCUT2D eigenvalue weighted by Crippen LogP contribution is -2.34. The highest BCUT2D eigenvalue weighted by Gasteiger charge is 2.15. The number of aliphatic hydroxyl groups excluding tert-OH is 1. The summed E-state index contributed by atoms with van der Waals surface area (Å²) < 4.78 is 5.05. The molecule has 0 aliphatic rings. The summed E-state index contributed by atoms with van der Waals surface area (Å²) in [5, 5.41) is 25.8. The molecular weight excluding hydrogens is 212 g/mol. The van der Waals surface area contributed by atoms with Crippen LogP contribution >= 0.6 is 0 Å². The van der Waals surface area contributed by atoms with E-state index in [-0.39, 0.29) is 19.8 Å². The van der Waals surface area contributed by atoms with Crippen LogP contribution in [-0.2, 0) is 9.53 Å². The van der Waals surface area contributed by atoms with Crippen molar-refractivity contribution in [2.45, 2.75) is 6.92 Å². The molecule has 0 aliphatic carbocycles. The van der Waals surface area contributed by atoms with Gasteiger partial charge in [0.25, 0.3) is 0 Å². The minimum absolute atomic E-state index is 0.0379. The Kier molecular flexibility index (Phi) is 8.43. The predicted molar refractivity (Wildman–Crippen MR) is 56.8 cm³/mol. The van der Waals surface area contributed by atoms with Gasteiger partial charge in [-0.2, -0.15) is 5.26 Å². The van der Waals surface area contributed by atoms with Gasteiger partial charge in [0, 0.05) is 13.1 Å². The Morgan fingerprint density at radius 3 is 2.75 bits per heavy atom. The van der Waals surface area contributed by atoms with Crippen LogP contribution in [0.3, 0.4) is 0 Å². The number of ether oxygens (including phenoxy) is 1. The summed E-state index contributed by atoms with van der Waals surface area (Å²) in [5.74, 6) is -1.38. The second-order valence-corrected chi connectivity index (χ2v) is 3.47. The van der Waals surface area contributed by atoms with Crippen molar-refractivity contribution < 1.29 is 19.7 Å². The zero-order chi connectivity index (χ0) is 12.4. The number of nitriles is 1. The number of hydrogen-bond acceptors (Lipinski definition) is 5. The largest absolute Gasteiger partial charge is 0.481 e. The van der Waals surface area contributed by atoms with E-state index in [0.717, 1.165) is 0 Å². The van der Waals surface area contributed by atoms with Crippen LogP contribution in [0.2, 0.25) is 0 Å². The van der Waals surface area contributed by atoms with Crippen molar-refractivity contribution in [3.8, 4) is 6.07 Å². The van der Waals surface area contributed by atoms with Crippen molar-refractivity contribution in [1.29, 1.82) is 5.26 Å². The smallest absolute Gasteiger partial charge is 0.307 e. The van der Waals surface area contributed by atoms with E-state index in [1.165, 1.54) is 0 Å². The van der Waals surface area contributed by atoms with Crippen LogP contribution in [0, 0.1) is 17.2 Å². The highest BCUT2D eigenvalue weighted by atomic mass is 16.5. The van der Waals surface area contributed by atoms with Gasteiger partial charge >= 0.3 is 5.97 Å². The van der Waals surface area contributed by atoms with Crippen LogP contribution in [0.15, 0.2) is 0 Å². The normalized spacial score (nSPS) is 12.4. The van der Waals surface area contributed by atoms with Crippen LogP contribution in [-0.4, -0.2) is 60.5 Å². The van der Waals surface area contributed by atoms with Crippen LogP contribution in [0.4, 0.5) is 0 Å². The fraction of sp³-hybridized carbons (Fsp3) is 0.800. The quantitative estimate of drug-likeness (QED) is 0.411. The molecule has 0 bridgehead atoms. The van der Waals surface area contributed by atoms with Crippen molar-refractivity contribution in [3.05, 3.63) is 0 Å². The fourth-order valence-electron chi connectivity index (χ4n) is 1.16. The zero-order valence-electron chi connectivity index (χ0n) is 9.43. The average molecular weight is 230 g/mol. The number of carboxylic acids is 1. The van der Waals surface area contributed by atoms with Crippen molar-refractivity contribution in [3.63, 3.8) is 0 Å². The maximum atomic E-state index is 10.6. The Morgan fingerprint density at radius 2 is 2.25 bits per heavy atom. The van der Waals surface area contributed by atoms with E-state index >= 15 is 0 Å². The first-order valence-electron chi connectivity index (χ1n) is 5.12. The SMILES string of the molecule is CC(CN(CC#N)CCOCCO)C(=O)O. The molecular formula is C10H18N2O4. The van der Waals surface area contributed by atoms with Crippen molar-refractivity contribution in [2.24, 2.45) is 5.92 Å². The topological polar surface area (TPSA) is 93.8 Å². The summed E-state index contributed by atoms with van der Waals surface area (Å²) in [5.41, 5.74) is 0. The van der Waals surface area contributed by atoms with Crippen LogP contribution in [0.25, 0.3) is 0 Å². The molecule has 0 spiro atoms. The molecule has 2 N–H and O–H groups in total. The van der Waals surface area contributed by atoms with E-state index in [1.807, 2.05) is 6.07 Å². The monoisotopic (exact) mass is 230 g/mol. The first kappa shape index (κ1) is 14.8. The maximum absolute atomic E-state index is 10.6. The third kappa shape index (κ3) is 7.17. The van der Waals surface area contributed by atoms with Gasteiger partial charge in [-0.05, 0) is 0 Å². The van der Waals surface area contributed by atoms with Gasteiger partial charge in [0.2, 0.25) is 0 Å². The molecule has 92 valence electrons. The second kappa shape index (κ2) is 9.09. The Morgan fingerprint density at radius 1 is 1.56 bits per heavy atom. The molecule has 16 heavy (non-hydrogen) atoms. The molecule has 0 heterocycles. The van der Waals surface area contributed by atoms with Crippen molar-refractivity contribution in [2.75, 3.05) is 39.5 Å². The van der Waals surface area contributed by atoms with Gasteiger partial charge in [0.1, 0.15) is 0 Å². The number of carbonyl (C=O) groups is 1. The van der Waals surface area contributed by atoms with Gasteiger partial charge in [-0.25, -0.2) is 0 Å². The van der Waals surface area contributed by atoms with Crippen LogP contribution < -0.4 is 0 Å². The molecule has 0 aromatic heterocycles. The van der Waals surface area contributed by atoms with E-state index in [4.69, 9.17) is 20.2 Å². The summed E-state index contributed by atoms with van der Waals surface area (Å²) >= 11 is 0. The molecule has 1 unspecified atom stereocenters. The number of aliphatic hydroxyl groups is 1. The van der Waals surface area contributed by atoms with Crippen molar-refractivity contribution in [1.82, 2.24) is 4.90 Å². The Labute approximate surface area is 95.0 Å². The Bertz CT molecular complexity index is 239. The fourth-order valence-corrected chi connectivity index (χ4v) is 1.16. The van der Waals surface area contributed by atoms with E-state index in [0.29, 0.717) is 19.7 Å². The van der Waals surface area contributed by atoms with Crippen LogP contribution in [0.1, 0.15) is 6.92 Å². The number of hydrogen-bond donors (Lipinski definition) is 2. The minimum Gasteiger partial charge on any atom is -0.481 e. The summed E-state index contributed by atoms with van der Waals surface area (Å²) in [6.07, 6.45) is 0.